The van der Waals surface area contributed by atoms with E-state index in [0.29, 0.717) is 30.1 Å². The van der Waals surface area contributed by atoms with Crippen molar-refractivity contribution in [2.75, 3.05) is 13.7 Å². The van der Waals surface area contributed by atoms with E-state index in [0.717, 1.165) is 11.4 Å². The number of methoxy groups -OCH3 is 1. The highest BCUT2D eigenvalue weighted by atomic mass is 16.5. The summed E-state index contributed by atoms with van der Waals surface area (Å²) in [6.07, 6.45) is 0.569. The Balaban J connectivity index is 1.57. The van der Waals surface area contributed by atoms with E-state index in [-0.39, 0.29) is 5.91 Å². The predicted octanol–water partition coefficient (Wildman–Crippen LogP) is 2.76. The van der Waals surface area contributed by atoms with E-state index in [1.165, 1.54) is 5.56 Å². The second kappa shape index (κ2) is 7.61. The molecule has 3 aromatic rings. The Bertz CT molecular complexity index is 856. The monoisotopic (exact) mass is 336 g/mol. The molecule has 0 fully saturated rings. The first-order valence-corrected chi connectivity index (χ1v) is 8.07. The molecule has 1 aromatic heterocycles. The summed E-state index contributed by atoms with van der Waals surface area (Å²) in [6.45, 7) is 2.50. The second-order valence-corrected chi connectivity index (χ2v) is 5.68. The van der Waals surface area contributed by atoms with E-state index in [2.05, 4.69) is 20.5 Å². The highest BCUT2D eigenvalue weighted by Crippen LogP contribution is 2.17. The highest BCUT2D eigenvalue weighted by molar-refractivity contribution is 5.96. The van der Waals surface area contributed by atoms with Gasteiger partial charge in [-0.15, -0.1) is 0 Å². The lowest BCUT2D eigenvalue weighted by molar-refractivity contribution is 0.0951. The first-order valence-electron chi connectivity index (χ1n) is 8.07. The number of aryl methyl sites for hydroxylation is 1. The van der Waals surface area contributed by atoms with E-state index in [1.54, 1.807) is 19.2 Å². The molecular weight excluding hydrogens is 316 g/mol. The number of benzene rings is 2. The fourth-order valence-electron chi connectivity index (χ4n) is 2.46. The summed E-state index contributed by atoms with van der Waals surface area (Å²) in [5.41, 5.74) is 2.67. The number of hydrogen-bond acceptors (Lipinski definition) is 4. The zero-order valence-electron chi connectivity index (χ0n) is 14.2. The van der Waals surface area contributed by atoms with Gasteiger partial charge in [-0.1, -0.05) is 42.0 Å². The van der Waals surface area contributed by atoms with Crippen LogP contribution in [0.15, 0.2) is 48.5 Å². The smallest absolute Gasteiger partial charge is 0.255 e. The zero-order chi connectivity index (χ0) is 17.6. The van der Waals surface area contributed by atoms with Crippen LogP contribution in [0, 0.1) is 6.92 Å². The van der Waals surface area contributed by atoms with E-state index in [9.17, 15) is 4.79 Å². The van der Waals surface area contributed by atoms with Crippen molar-refractivity contribution in [3.8, 4) is 17.1 Å². The molecule has 0 radical (unpaired) electrons. The number of nitrogens with one attached hydrogen (secondary N) is 2. The van der Waals surface area contributed by atoms with Gasteiger partial charge in [-0.3, -0.25) is 9.89 Å². The zero-order valence-corrected chi connectivity index (χ0v) is 14.2. The number of nitrogens with zero attached hydrogens (tertiary/aromatic N) is 2. The molecule has 6 nitrogen and oxygen atoms in total. The molecule has 0 aliphatic rings. The molecule has 0 bridgehead atoms. The summed E-state index contributed by atoms with van der Waals surface area (Å²) in [4.78, 5) is 16.7. The van der Waals surface area contributed by atoms with E-state index >= 15 is 0 Å². The lowest BCUT2D eigenvalue weighted by atomic mass is 10.1. The third kappa shape index (κ3) is 4.03. The highest BCUT2D eigenvalue weighted by Gasteiger charge is 2.11. The molecule has 0 aliphatic carbocycles. The van der Waals surface area contributed by atoms with Crippen molar-refractivity contribution in [1.29, 1.82) is 0 Å². The van der Waals surface area contributed by atoms with Crippen LogP contribution >= 0.6 is 0 Å². The van der Waals surface area contributed by atoms with Gasteiger partial charge in [0.25, 0.3) is 5.91 Å². The van der Waals surface area contributed by atoms with Crippen molar-refractivity contribution in [3.63, 3.8) is 0 Å². The molecule has 0 atom stereocenters. The fourth-order valence-corrected chi connectivity index (χ4v) is 2.46. The van der Waals surface area contributed by atoms with Gasteiger partial charge in [0.15, 0.2) is 5.82 Å². The SMILES string of the molecule is COc1ccccc1C(=O)NCCc1nc(-c2ccc(C)cc2)n[nH]1. The van der Waals surface area contributed by atoms with Gasteiger partial charge in [-0.2, -0.15) is 5.10 Å². The van der Waals surface area contributed by atoms with Crippen LogP contribution in [-0.4, -0.2) is 34.7 Å². The summed E-state index contributed by atoms with van der Waals surface area (Å²) >= 11 is 0. The first-order chi connectivity index (χ1) is 12.2. The van der Waals surface area contributed by atoms with Crippen molar-refractivity contribution in [1.82, 2.24) is 20.5 Å². The largest absolute Gasteiger partial charge is 0.496 e. The van der Waals surface area contributed by atoms with Crippen molar-refractivity contribution in [2.24, 2.45) is 0 Å². The van der Waals surface area contributed by atoms with Crippen molar-refractivity contribution >= 4 is 5.91 Å². The molecule has 0 unspecified atom stereocenters. The number of H-pyrrole nitrogens is 1. The van der Waals surface area contributed by atoms with E-state index in [4.69, 9.17) is 4.74 Å². The number of rotatable bonds is 6. The van der Waals surface area contributed by atoms with Crippen LogP contribution in [0.25, 0.3) is 11.4 Å². The number of aromatic nitrogens is 3. The number of carbonyl (C=O) groups excluding carboxylic acids is 1. The maximum atomic E-state index is 12.2. The lowest BCUT2D eigenvalue weighted by Gasteiger charge is -2.08. The minimum atomic E-state index is -0.171. The third-order valence-corrected chi connectivity index (χ3v) is 3.84. The van der Waals surface area contributed by atoms with Gasteiger partial charge in [0.1, 0.15) is 11.6 Å². The van der Waals surface area contributed by atoms with Crippen LogP contribution < -0.4 is 10.1 Å². The van der Waals surface area contributed by atoms with Crippen LogP contribution in [0.5, 0.6) is 5.75 Å². The summed E-state index contributed by atoms with van der Waals surface area (Å²) in [5.74, 6) is 1.78. The fraction of sp³-hybridized carbons (Fsp3) is 0.211. The maximum absolute atomic E-state index is 12.2. The van der Waals surface area contributed by atoms with E-state index in [1.807, 2.05) is 43.3 Å². The standard InChI is InChI=1S/C19H20N4O2/c1-13-7-9-14(10-8-13)18-21-17(22-23-18)11-12-20-19(24)15-5-3-4-6-16(15)25-2/h3-10H,11-12H2,1-2H3,(H,20,24)(H,21,22,23). The number of hydrogen-bond donors (Lipinski definition) is 2. The lowest BCUT2D eigenvalue weighted by Crippen LogP contribution is -2.26. The third-order valence-electron chi connectivity index (χ3n) is 3.84. The van der Waals surface area contributed by atoms with Crippen LogP contribution in [0.2, 0.25) is 0 Å². The van der Waals surface area contributed by atoms with Gasteiger partial charge in [-0.25, -0.2) is 4.98 Å². The van der Waals surface area contributed by atoms with Gasteiger partial charge in [0.2, 0.25) is 0 Å². The number of ether oxygens (including phenoxy) is 1. The quantitative estimate of drug-likeness (QED) is 0.725. The van der Waals surface area contributed by atoms with Crippen molar-refractivity contribution < 1.29 is 9.53 Å². The Hall–Kier alpha value is -3.15. The van der Waals surface area contributed by atoms with Crippen LogP contribution in [0.1, 0.15) is 21.7 Å². The Morgan fingerprint density at radius 3 is 2.68 bits per heavy atom. The molecule has 3 rings (SSSR count). The van der Waals surface area contributed by atoms with Crippen LogP contribution in [-0.2, 0) is 6.42 Å². The van der Waals surface area contributed by atoms with Crippen LogP contribution in [0.3, 0.4) is 0 Å². The molecule has 2 aromatic carbocycles. The number of carbonyl (C=O) groups is 1. The molecule has 0 aliphatic heterocycles. The average Bonchev–Trinajstić information content (AvgIpc) is 3.11. The van der Waals surface area contributed by atoms with Crippen molar-refractivity contribution in [3.05, 3.63) is 65.5 Å². The van der Waals surface area contributed by atoms with Gasteiger partial charge >= 0.3 is 0 Å². The molecule has 0 spiro atoms. The molecule has 0 saturated carbocycles. The molecule has 128 valence electrons. The molecular formula is C19H20N4O2. The molecule has 0 saturated heterocycles. The predicted molar refractivity (Wildman–Crippen MR) is 95.6 cm³/mol. The molecule has 2 N–H and O–H groups in total. The number of para-hydroxylation sites is 1. The number of aromatic amines is 1. The molecule has 25 heavy (non-hydrogen) atoms. The minimum Gasteiger partial charge on any atom is -0.496 e. The van der Waals surface area contributed by atoms with Gasteiger partial charge in [0.05, 0.1) is 12.7 Å². The second-order valence-electron chi connectivity index (χ2n) is 5.68. The van der Waals surface area contributed by atoms with Gasteiger partial charge in [0, 0.05) is 18.5 Å². The minimum absolute atomic E-state index is 0.171. The topological polar surface area (TPSA) is 79.9 Å². The molecule has 6 heteroatoms. The summed E-state index contributed by atoms with van der Waals surface area (Å²) in [6, 6.07) is 15.2. The summed E-state index contributed by atoms with van der Waals surface area (Å²) in [5, 5.41) is 10.0. The first kappa shape index (κ1) is 16.7. The Labute approximate surface area is 146 Å². The van der Waals surface area contributed by atoms with Gasteiger partial charge in [-0.05, 0) is 19.1 Å². The Morgan fingerprint density at radius 1 is 1.16 bits per heavy atom. The van der Waals surface area contributed by atoms with Crippen molar-refractivity contribution in [2.45, 2.75) is 13.3 Å². The molecule has 1 heterocycles. The number of amides is 1. The summed E-state index contributed by atoms with van der Waals surface area (Å²) < 4.78 is 5.20. The Morgan fingerprint density at radius 2 is 1.92 bits per heavy atom. The summed E-state index contributed by atoms with van der Waals surface area (Å²) in [7, 11) is 1.55. The molecule has 1 amide bonds. The normalized spacial score (nSPS) is 10.5. The van der Waals surface area contributed by atoms with Gasteiger partial charge < -0.3 is 10.1 Å². The van der Waals surface area contributed by atoms with E-state index < -0.39 is 0 Å². The average molecular weight is 336 g/mol. The Kier molecular flexibility index (Phi) is 5.09. The maximum Gasteiger partial charge on any atom is 0.255 e. The van der Waals surface area contributed by atoms with Crippen LogP contribution in [0.4, 0.5) is 0 Å².